The van der Waals surface area contributed by atoms with Gasteiger partial charge >= 0.3 is 0 Å². The summed E-state index contributed by atoms with van der Waals surface area (Å²) >= 11 is 0. The van der Waals surface area contributed by atoms with Crippen molar-refractivity contribution in [2.45, 2.75) is 6.10 Å². The van der Waals surface area contributed by atoms with Gasteiger partial charge in [-0.3, -0.25) is 0 Å². The maximum Gasteiger partial charge on any atom is 0.162 e. The molecular formula is C9H8F2O2. The number of hydrogen-bond acceptors (Lipinski definition) is 2. The normalized spacial score (nSPS) is 20.0. The number of epoxide rings is 1. The molecule has 0 aromatic heterocycles. The van der Waals surface area contributed by atoms with Gasteiger partial charge in [0.15, 0.2) is 11.6 Å². The van der Waals surface area contributed by atoms with Crippen LogP contribution in [0.1, 0.15) is 0 Å². The molecule has 2 rings (SSSR count). The lowest BCUT2D eigenvalue weighted by Gasteiger charge is -2.03. The maximum absolute atomic E-state index is 12.6. The molecule has 1 aromatic carbocycles. The van der Waals surface area contributed by atoms with Gasteiger partial charge in [-0.15, -0.1) is 0 Å². The first kappa shape index (κ1) is 8.44. The highest BCUT2D eigenvalue weighted by molar-refractivity contribution is 5.23. The molecule has 0 saturated carbocycles. The van der Waals surface area contributed by atoms with Crippen LogP contribution in [-0.2, 0) is 4.74 Å². The topological polar surface area (TPSA) is 21.8 Å². The lowest BCUT2D eigenvalue weighted by Crippen LogP contribution is -2.04. The van der Waals surface area contributed by atoms with E-state index in [-0.39, 0.29) is 6.10 Å². The number of rotatable bonds is 3. The molecule has 1 fully saturated rings. The molecule has 0 spiro atoms. The van der Waals surface area contributed by atoms with Gasteiger partial charge in [0.05, 0.1) is 6.61 Å². The predicted molar refractivity (Wildman–Crippen MR) is 41.6 cm³/mol. The zero-order chi connectivity index (χ0) is 9.26. The highest BCUT2D eigenvalue weighted by Gasteiger charge is 2.23. The molecule has 1 atom stereocenters. The second-order valence-electron chi connectivity index (χ2n) is 2.84. The Hall–Kier alpha value is -1.16. The second-order valence-corrected chi connectivity index (χ2v) is 2.84. The third-order valence-corrected chi connectivity index (χ3v) is 1.73. The van der Waals surface area contributed by atoms with Crippen LogP contribution in [0, 0.1) is 11.6 Å². The number of halogens is 2. The van der Waals surface area contributed by atoms with E-state index in [1.54, 1.807) is 0 Å². The maximum atomic E-state index is 12.6. The Morgan fingerprint density at radius 3 is 2.77 bits per heavy atom. The van der Waals surface area contributed by atoms with E-state index in [0.717, 1.165) is 12.1 Å². The zero-order valence-corrected chi connectivity index (χ0v) is 6.80. The molecule has 1 aliphatic rings. The van der Waals surface area contributed by atoms with Crippen molar-refractivity contribution < 1.29 is 18.3 Å². The van der Waals surface area contributed by atoms with Crippen LogP contribution < -0.4 is 4.74 Å². The summed E-state index contributed by atoms with van der Waals surface area (Å²) in [7, 11) is 0. The van der Waals surface area contributed by atoms with Crippen molar-refractivity contribution in [3.63, 3.8) is 0 Å². The van der Waals surface area contributed by atoms with Crippen LogP contribution in [-0.4, -0.2) is 19.3 Å². The van der Waals surface area contributed by atoms with Gasteiger partial charge in [0.2, 0.25) is 0 Å². The summed E-state index contributed by atoms with van der Waals surface area (Å²) in [5.41, 5.74) is 0. The Bertz CT molecular complexity index is 310. The number of ether oxygens (including phenoxy) is 2. The number of hydrogen-bond donors (Lipinski definition) is 0. The molecular weight excluding hydrogens is 178 g/mol. The van der Waals surface area contributed by atoms with E-state index in [0.29, 0.717) is 19.0 Å². The molecule has 0 aliphatic carbocycles. The van der Waals surface area contributed by atoms with Gasteiger partial charge in [-0.25, -0.2) is 8.78 Å². The van der Waals surface area contributed by atoms with E-state index in [9.17, 15) is 8.78 Å². The molecule has 13 heavy (non-hydrogen) atoms. The van der Waals surface area contributed by atoms with E-state index in [2.05, 4.69) is 0 Å². The first-order chi connectivity index (χ1) is 6.25. The van der Waals surface area contributed by atoms with E-state index in [1.807, 2.05) is 0 Å². The standard InChI is InChI=1S/C9H8F2O2/c10-8-2-1-6(3-9(8)11)12-4-7-5-13-7/h1-3,7H,4-5H2/t7-/m0/s1. The molecule has 0 bridgehead atoms. The summed E-state index contributed by atoms with van der Waals surface area (Å²) in [5.74, 6) is -1.43. The lowest BCUT2D eigenvalue weighted by atomic mass is 10.3. The van der Waals surface area contributed by atoms with E-state index in [4.69, 9.17) is 9.47 Å². The number of benzene rings is 1. The van der Waals surface area contributed by atoms with Crippen LogP contribution in [0.15, 0.2) is 18.2 Å². The second kappa shape index (κ2) is 3.30. The van der Waals surface area contributed by atoms with Gasteiger partial charge in [-0.05, 0) is 12.1 Å². The van der Waals surface area contributed by atoms with Crippen molar-refractivity contribution in [2.75, 3.05) is 13.2 Å². The van der Waals surface area contributed by atoms with Crippen molar-refractivity contribution >= 4 is 0 Å². The molecule has 1 saturated heterocycles. The summed E-state index contributed by atoms with van der Waals surface area (Å²) in [4.78, 5) is 0. The third-order valence-electron chi connectivity index (χ3n) is 1.73. The predicted octanol–water partition coefficient (Wildman–Crippen LogP) is 1.74. The first-order valence-corrected chi connectivity index (χ1v) is 3.95. The van der Waals surface area contributed by atoms with Gasteiger partial charge < -0.3 is 9.47 Å². The average Bonchev–Trinajstić information content (AvgIpc) is 2.91. The molecule has 0 N–H and O–H groups in total. The monoisotopic (exact) mass is 186 g/mol. The van der Waals surface area contributed by atoms with Crippen molar-refractivity contribution in [1.29, 1.82) is 0 Å². The summed E-state index contributed by atoms with van der Waals surface area (Å²) < 4.78 is 35.1. The van der Waals surface area contributed by atoms with E-state index >= 15 is 0 Å². The molecule has 4 heteroatoms. The fraction of sp³-hybridized carbons (Fsp3) is 0.333. The molecule has 70 valence electrons. The van der Waals surface area contributed by atoms with Crippen LogP contribution in [0.2, 0.25) is 0 Å². The van der Waals surface area contributed by atoms with Crippen molar-refractivity contribution in [1.82, 2.24) is 0 Å². The van der Waals surface area contributed by atoms with Crippen molar-refractivity contribution in [3.05, 3.63) is 29.8 Å². The fourth-order valence-corrected chi connectivity index (χ4v) is 0.920. The quantitative estimate of drug-likeness (QED) is 0.670. The zero-order valence-electron chi connectivity index (χ0n) is 6.80. The van der Waals surface area contributed by atoms with Crippen LogP contribution in [0.25, 0.3) is 0 Å². The summed E-state index contributed by atoms with van der Waals surface area (Å²) in [6, 6.07) is 3.46. The van der Waals surface area contributed by atoms with Crippen LogP contribution in [0.5, 0.6) is 5.75 Å². The van der Waals surface area contributed by atoms with E-state index in [1.165, 1.54) is 6.07 Å². The molecule has 1 heterocycles. The Balaban J connectivity index is 1.98. The van der Waals surface area contributed by atoms with Gasteiger partial charge in [0.1, 0.15) is 18.5 Å². The average molecular weight is 186 g/mol. The Morgan fingerprint density at radius 2 is 2.15 bits per heavy atom. The summed E-state index contributed by atoms with van der Waals surface area (Å²) in [5, 5.41) is 0. The molecule has 0 amide bonds. The van der Waals surface area contributed by atoms with Gasteiger partial charge in [0.25, 0.3) is 0 Å². The highest BCUT2D eigenvalue weighted by atomic mass is 19.2. The smallest absolute Gasteiger partial charge is 0.162 e. The van der Waals surface area contributed by atoms with Crippen LogP contribution in [0.4, 0.5) is 8.78 Å². The molecule has 1 aliphatic heterocycles. The minimum Gasteiger partial charge on any atom is -0.491 e. The van der Waals surface area contributed by atoms with Crippen LogP contribution >= 0.6 is 0 Å². The van der Waals surface area contributed by atoms with Crippen LogP contribution in [0.3, 0.4) is 0 Å². The molecule has 2 nitrogen and oxygen atoms in total. The van der Waals surface area contributed by atoms with Gasteiger partial charge in [-0.1, -0.05) is 0 Å². The largest absolute Gasteiger partial charge is 0.491 e. The fourth-order valence-electron chi connectivity index (χ4n) is 0.920. The molecule has 0 unspecified atom stereocenters. The SMILES string of the molecule is Fc1ccc(OC[C@H]2CO2)cc1F. The summed E-state index contributed by atoms with van der Waals surface area (Å²) in [6.07, 6.45) is 0.119. The summed E-state index contributed by atoms with van der Waals surface area (Å²) in [6.45, 7) is 1.08. The van der Waals surface area contributed by atoms with Gasteiger partial charge in [0, 0.05) is 6.07 Å². The van der Waals surface area contributed by atoms with Gasteiger partial charge in [-0.2, -0.15) is 0 Å². The first-order valence-electron chi connectivity index (χ1n) is 3.95. The van der Waals surface area contributed by atoms with E-state index < -0.39 is 11.6 Å². The minimum atomic E-state index is -0.894. The molecule has 0 radical (unpaired) electrons. The van der Waals surface area contributed by atoms with Crippen molar-refractivity contribution in [2.24, 2.45) is 0 Å². The molecule has 1 aromatic rings. The lowest BCUT2D eigenvalue weighted by molar-refractivity contribution is 0.261. The Kier molecular flexibility index (Phi) is 2.14. The van der Waals surface area contributed by atoms with Crippen molar-refractivity contribution in [3.8, 4) is 5.75 Å². The highest BCUT2D eigenvalue weighted by Crippen LogP contribution is 2.17. The minimum absolute atomic E-state index is 0.119. The Morgan fingerprint density at radius 1 is 1.38 bits per heavy atom. The third kappa shape index (κ3) is 2.15. The Labute approximate surface area is 74.1 Å².